The smallest absolute Gasteiger partial charge is 0.226 e. The molecular formula is C36H54N2O2. The average molecular weight is 547 g/mol. The van der Waals surface area contributed by atoms with Gasteiger partial charge in [-0.1, -0.05) is 27.7 Å². The number of amides is 2. The predicted molar refractivity (Wildman–Crippen MR) is 156 cm³/mol. The molecule has 0 radical (unpaired) electrons. The van der Waals surface area contributed by atoms with Crippen LogP contribution in [0.25, 0.3) is 0 Å². The number of carbonyl (C=O) groups excluding carboxylic acids is 2. The summed E-state index contributed by atoms with van der Waals surface area (Å²) in [5, 5.41) is 7.71. The molecule has 0 aromatic heterocycles. The fraction of sp³-hybridized carbons (Fsp3) is 0.944. The summed E-state index contributed by atoms with van der Waals surface area (Å²) in [6.45, 7) is 10.0. The summed E-state index contributed by atoms with van der Waals surface area (Å²) >= 11 is 0. The van der Waals surface area contributed by atoms with Gasteiger partial charge in [-0.25, -0.2) is 0 Å². The molecule has 2 N–H and O–H groups in total. The molecule has 0 aliphatic heterocycles. The van der Waals surface area contributed by atoms with Crippen molar-refractivity contribution in [1.82, 2.24) is 10.6 Å². The molecule has 2 amide bonds. The molecule has 4 unspecified atom stereocenters. The van der Waals surface area contributed by atoms with Crippen molar-refractivity contribution in [2.75, 3.05) is 0 Å². The van der Waals surface area contributed by atoms with Gasteiger partial charge in [0.05, 0.1) is 10.8 Å². The Hall–Kier alpha value is -1.06. The number of hydrogen-bond acceptors (Lipinski definition) is 2. The van der Waals surface area contributed by atoms with E-state index in [4.69, 9.17) is 0 Å². The van der Waals surface area contributed by atoms with E-state index in [0.717, 1.165) is 43.9 Å². The van der Waals surface area contributed by atoms with Crippen LogP contribution in [-0.4, -0.2) is 22.9 Å². The SMILES string of the molecule is CC12CC3CC(C)(C1)CC(NC(=O)C14CC5CC(C1)CC(C(=O)NC16CC7CC(C)(CC(C)(C7)C1)C6)(C5)C4)(C3)C2. The molecule has 12 rings (SSSR count). The summed E-state index contributed by atoms with van der Waals surface area (Å²) in [7, 11) is 0. The number of carbonyl (C=O) groups is 2. The highest BCUT2D eigenvalue weighted by Gasteiger charge is 2.67. The molecule has 0 aromatic carbocycles. The molecular weight excluding hydrogens is 492 g/mol. The van der Waals surface area contributed by atoms with E-state index in [2.05, 4.69) is 38.3 Å². The first-order valence-corrected chi connectivity index (χ1v) is 17.3. The van der Waals surface area contributed by atoms with Gasteiger partial charge in [0.25, 0.3) is 0 Å². The Morgan fingerprint density at radius 3 is 1.12 bits per heavy atom. The Labute approximate surface area is 242 Å². The number of rotatable bonds is 4. The van der Waals surface area contributed by atoms with E-state index in [-0.39, 0.29) is 21.9 Å². The molecule has 4 nitrogen and oxygen atoms in total. The lowest BCUT2D eigenvalue weighted by Crippen LogP contribution is -2.70. The first-order valence-electron chi connectivity index (χ1n) is 17.3. The van der Waals surface area contributed by atoms with Crippen molar-refractivity contribution in [1.29, 1.82) is 0 Å². The van der Waals surface area contributed by atoms with Gasteiger partial charge in [0.2, 0.25) is 11.8 Å². The van der Waals surface area contributed by atoms with Crippen LogP contribution in [0.2, 0.25) is 0 Å². The molecule has 4 heteroatoms. The van der Waals surface area contributed by atoms with Gasteiger partial charge in [-0.3, -0.25) is 9.59 Å². The summed E-state index contributed by atoms with van der Waals surface area (Å²) < 4.78 is 0. The Morgan fingerprint density at radius 2 is 0.800 bits per heavy atom. The van der Waals surface area contributed by atoms with E-state index in [1.165, 1.54) is 83.5 Å². The predicted octanol–water partition coefficient (Wildman–Crippen LogP) is 7.30. The molecule has 40 heavy (non-hydrogen) atoms. The van der Waals surface area contributed by atoms with Crippen LogP contribution < -0.4 is 10.6 Å². The molecule has 12 saturated carbocycles. The largest absolute Gasteiger partial charge is 0.350 e. The zero-order valence-electron chi connectivity index (χ0n) is 25.9. The molecule has 220 valence electrons. The Bertz CT molecular complexity index is 1070. The van der Waals surface area contributed by atoms with Gasteiger partial charge in [-0.15, -0.1) is 0 Å². The van der Waals surface area contributed by atoms with Gasteiger partial charge in [0.1, 0.15) is 0 Å². The number of nitrogens with one attached hydrogen (secondary N) is 2. The highest BCUT2D eigenvalue weighted by molar-refractivity contribution is 5.89. The zero-order chi connectivity index (χ0) is 27.6. The lowest BCUT2D eigenvalue weighted by molar-refractivity contribution is -0.177. The first kappa shape index (κ1) is 25.4. The summed E-state index contributed by atoms with van der Waals surface area (Å²) in [5.41, 5.74) is 0.971. The van der Waals surface area contributed by atoms with Crippen molar-refractivity contribution in [3.63, 3.8) is 0 Å². The molecule has 0 heterocycles. The maximum Gasteiger partial charge on any atom is 0.226 e. The lowest BCUT2D eigenvalue weighted by Gasteiger charge is -2.67. The summed E-state index contributed by atoms with van der Waals surface area (Å²) in [4.78, 5) is 29.2. The van der Waals surface area contributed by atoms with Crippen molar-refractivity contribution in [3.8, 4) is 0 Å². The van der Waals surface area contributed by atoms with E-state index < -0.39 is 0 Å². The summed E-state index contributed by atoms with van der Waals surface area (Å²) in [6.07, 6.45) is 21.4. The maximum atomic E-state index is 14.6. The van der Waals surface area contributed by atoms with Crippen molar-refractivity contribution < 1.29 is 9.59 Å². The van der Waals surface area contributed by atoms with Gasteiger partial charge < -0.3 is 10.6 Å². The minimum atomic E-state index is -0.313. The van der Waals surface area contributed by atoms with Gasteiger partial charge in [-0.2, -0.15) is 0 Å². The quantitative estimate of drug-likeness (QED) is 0.389. The fourth-order valence-electron chi connectivity index (χ4n) is 16.7. The van der Waals surface area contributed by atoms with Gasteiger partial charge >= 0.3 is 0 Å². The maximum absolute atomic E-state index is 14.6. The minimum Gasteiger partial charge on any atom is -0.350 e. The van der Waals surface area contributed by atoms with Crippen molar-refractivity contribution in [2.24, 2.45) is 56.2 Å². The van der Waals surface area contributed by atoms with Crippen LogP contribution in [0.1, 0.15) is 143 Å². The summed E-state index contributed by atoms with van der Waals surface area (Å²) in [6, 6.07) is 0. The van der Waals surface area contributed by atoms with Crippen LogP contribution >= 0.6 is 0 Å². The van der Waals surface area contributed by atoms with Crippen LogP contribution in [0.3, 0.4) is 0 Å². The molecule has 12 aliphatic carbocycles. The molecule has 0 aromatic rings. The van der Waals surface area contributed by atoms with E-state index >= 15 is 0 Å². The van der Waals surface area contributed by atoms with Crippen molar-refractivity contribution >= 4 is 11.8 Å². The van der Waals surface area contributed by atoms with Crippen LogP contribution in [0.15, 0.2) is 0 Å². The highest BCUT2D eigenvalue weighted by Crippen LogP contribution is 2.70. The van der Waals surface area contributed by atoms with Gasteiger partial charge in [-0.05, 0) is 161 Å². The minimum absolute atomic E-state index is 0.00282. The summed E-state index contributed by atoms with van der Waals surface area (Å²) in [5.74, 6) is 3.37. The monoisotopic (exact) mass is 546 g/mol. The van der Waals surface area contributed by atoms with E-state index in [9.17, 15) is 9.59 Å². The third kappa shape index (κ3) is 3.49. The Morgan fingerprint density at radius 1 is 0.450 bits per heavy atom. The molecule has 12 fully saturated rings. The second kappa shape index (κ2) is 7.18. The van der Waals surface area contributed by atoms with Gasteiger partial charge in [0, 0.05) is 11.1 Å². The standard InChI is InChI=1S/C36H54N2O2/c1-29-6-25-7-30(2,16-29)19-35(14-25,18-29)37-27(39)33-10-23-5-24(11-33)13-34(12-23,22-33)28(40)38-36-15-26-8-31(3,20-36)17-32(4,9-26)21-36/h23-26H,5-22H2,1-4H3,(H,37,39)(H,38,40). The molecule has 0 spiro atoms. The second-order valence-corrected chi connectivity index (χ2v) is 20.3. The average Bonchev–Trinajstić information content (AvgIpc) is 2.72. The van der Waals surface area contributed by atoms with Gasteiger partial charge in [0.15, 0.2) is 0 Å². The first-order chi connectivity index (χ1) is 18.6. The van der Waals surface area contributed by atoms with Crippen LogP contribution in [0, 0.1) is 56.2 Å². The highest BCUT2D eigenvalue weighted by atomic mass is 16.2. The molecule has 4 atom stereocenters. The Kier molecular flexibility index (Phi) is 4.56. The van der Waals surface area contributed by atoms with Crippen molar-refractivity contribution in [2.45, 2.75) is 154 Å². The zero-order valence-corrected chi connectivity index (χ0v) is 25.9. The molecule has 12 bridgehead atoms. The lowest BCUT2D eigenvalue weighted by atomic mass is 9.41. The van der Waals surface area contributed by atoms with Crippen molar-refractivity contribution in [3.05, 3.63) is 0 Å². The van der Waals surface area contributed by atoms with Crippen LogP contribution in [-0.2, 0) is 9.59 Å². The third-order valence-corrected chi connectivity index (χ3v) is 15.0. The fourth-order valence-corrected chi connectivity index (χ4v) is 16.7. The molecule has 0 saturated heterocycles. The normalized spacial score (nSPS) is 61.7. The third-order valence-electron chi connectivity index (χ3n) is 15.0. The van der Waals surface area contributed by atoms with E-state index in [1.807, 2.05) is 0 Å². The second-order valence-electron chi connectivity index (χ2n) is 20.3. The van der Waals surface area contributed by atoms with Crippen LogP contribution in [0.5, 0.6) is 0 Å². The Balaban J connectivity index is 0.989. The topological polar surface area (TPSA) is 58.2 Å². The van der Waals surface area contributed by atoms with Crippen LogP contribution in [0.4, 0.5) is 0 Å². The molecule has 12 aliphatic rings. The van der Waals surface area contributed by atoms with E-state index in [0.29, 0.717) is 45.3 Å². The van der Waals surface area contributed by atoms with E-state index in [1.54, 1.807) is 0 Å². The number of hydrogen-bond donors (Lipinski definition) is 2.